The Morgan fingerprint density at radius 2 is 0.401 bits per heavy atom. The topological polar surface area (TPSA) is 946 Å². The number of rotatable bonds is 36. The molecule has 0 spiro atoms. The average Bonchev–Trinajstić information content (AvgIpc) is 0.758. The van der Waals surface area contributed by atoms with Gasteiger partial charge in [-0.05, 0) is 0 Å². The molecule has 11 rings (SSSR count). The fraction of sp³-hybridized carbons (Fsp3) is 0.934. The van der Waals surface area contributed by atoms with Crippen molar-refractivity contribution in [1.29, 1.82) is 0 Å². The van der Waals surface area contributed by atoms with Crippen LogP contribution in [0.1, 0.15) is 34.6 Å². The van der Waals surface area contributed by atoms with Crippen LogP contribution in [-0.2, 0) is 123 Å². The monoisotopic (exact) mass is 2010 g/mol. The van der Waals surface area contributed by atoms with Crippen LogP contribution >= 0.6 is 0 Å². The van der Waals surface area contributed by atoms with E-state index in [0.717, 1.165) is 34.6 Å². The molecule has 61 nitrogen and oxygen atoms in total. The van der Waals surface area contributed by atoms with Crippen molar-refractivity contribution < 1.29 is 277 Å². The van der Waals surface area contributed by atoms with Gasteiger partial charge in [0.05, 0.1) is 72.7 Å². The summed E-state index contributed by atoms with van der Waals surface area (Å²) in [6.07, 6.45) is -108. The Bertz CT molecular complexity index is 3780. The number of carbonyl (C=O) groups is 5. The zero-order chi connectivity index (χ0) is 101. The molecule has 0 aromatic carbocycles. The van der Waals surface area contributed by atoms with E-state index in [1.807, 2.05) is 0 Å². The van der Waals surface area contributed by atoms with Gasteiger partial charge in [0.2, 0.25) is 29.5 Å². The van der Waals surface area contributed by atoms with Crippen LogP contribution in [0.5, 0.6) is 0 Å². The minimum absolute atomic E-state index is 0.827. The summed E-state index contributed by atoms with van der Waals surface area (Å²) in [5, 5.41) is 349. The van der Waals surface area contributed by atoms with Crippen molar-refractivity contribution in [2.24, 2.45) is 0 Å². The van der Waals surface area contributed by atoms with Crippen LogP contribution in [0.15, 0.2) is 0 Å². The third-order valence-corrected chi connectivity index (χ3v) is 25.0. The number of hydrogen-bond donors (Lipinski definition) is 35. The van der Waals surface area contributed by atoms with E-state index in [1.165, 1.54) is 0 Å². The van der Waals surface area contributed by atoms with Crippen molar-refractivity contribution >= 4 is 29.5 Å². The summed E-state index contributed by atoms with van der Waals surface area (Å²) in [6.45, 7) is -8.37. The van der Waals surface area contributed by atoms with Gasteiger partial charge in [0.15, 0.2) is 69.2 Å². The number of hydrogen-bond acceptors (Lipinski definition) is 56. The number of ether oxygens (including phenoxy) is 21. The predicted octanol–water partition coefficient (Wildman–Crippen LogP) is -24.3. The molecule has 5 amide bonds. The highest BCUT2D eigenvalue weighted by molar-refractivity contribution is 5.75. The van der Waals surface area contributed by atoms with Crippen LogP contribution in [0.2, 0.25) is 0 Å². The average molecular weight is 2010 g/mol. The highest BCUT2D eigenvalue weighted by Crippen LogP contribution is 2.42. The van der Waals surface area contributed by atoms with Gasteiger partial charge in [0.1, 0.15) is 268 Å². The molecule has 11 heterocycles. The molecule has 55 atom stereocenters. The van der Waals surface area contributed by atoms with Gasteiger partial charge >= 0.3 is 0 Å². The minimum Gasteiger partial charge on any atom is -0.394 e. The number of nitrogens with one attached hydrogen (secondary N) is 5. The summed E-state index contributed by atoms with van der Waals surface area (Å²) in [7, 11) is 0. The molecule has 0 aromatic rings. The van der Waals surface area contributed by atoms with Gasteiger partial charge in [-0.1, -0.05) is 0 Å². The highest BCUT2D eigenvalue weighted by Gasteiger charge is 2.63. The maximum Gasteiger partial charge on any atom is 0.217 e. The largest absolute Gasteiger partial charge is 0.394 e. The van der Waals surface area contributed by atoms with E-state index in [9.17, 15) is 177 Å². The van der Waals surface area contributed by atoms with Crippen LogP contribution in [-0.4, -0.2) is 593 Å². The van der Waals surface area contributed by atoms with Crippen molar-refractivity contribution in [3.05, 3.63) is 0 Å². The van der Waals surface area contributed by atoms with Crippen LogP contribution in [0, 0.1) is 0 Å². The quantitative estimate of drug-likeness (QED) is 0.0277. The van der Waals surface area contributed by atoms with E-state index in [4.69, 9.17) is 99.5 Å². The lowest BCUT2D eigenvalue weighted by atomic mass is 9.93. The van der Waals surface area contributed by atoms with Crippen molar-refractivity contribution in [1.82, 2.24) is 26.6 Å². The van der Waals surface area contributed by atoms with Crippen LogP contribution in [0.4, 0.5) is 0 Å². The second-order valence-corrected chi connectivity index (χ2v) is 34.5. The van der Waals surface area contributed by atoms with E-state index in [2.05, 4.69) is 26.6 Å². The van der Waals surface area contributed by atoms with Crippen molar-refractivity contribution in [2.75, 3.05) is 72.7 Å². The maximum atomic E-state index is 13.4. The van der Waals surface area contributed by atoms with Gasteiger partial charge in [-0.3, -0.25) is 24.0 Å². The Morgan fingerprint density at radius 1 is 0.190 bits per heavy atom. The van der Waals surface area contributed by atoms with Crippen LogP contribution in [0.3, 0.4) is 0 Å². The predicted molar refractivity (Wildman–Crippen MR) is 420 cm³/mol. The molecule has 0 saturated carbocycles. The lowest BCUT2D eigenvalue weighted by Gasteiger charge is -2.51. The molecule has 137 heavy (non-hydrogen) atoms. The molecule has 61 heteroatoms. The lowest BCUT2D eigenvalue weighted by molar-refractivity contribution is -0.401. The van der Waals surface area contributed by atoms with E-state index in [-0.39, 0.29) is 0 Å². The maximum absolute atomic E-state index is 13.4. The molecule has 11 fully saturated rings. The van der Waals surface area contributed by atoms with Gasteiger partial charge < -0.3 is 279 Å². The van der Waals surface area contributed by atoms with Crippen molar-refractivity contribution in [2.45, 2.75) is 372 Å². The van der Waals surface area contributed by atoms with Gasteiger partial charge in [-0.25, -0.2) is 0 Å². The summed E-state index contributed by atoms with van der Waals surface area (Å²) in [5.41, 5.74) is 0. The van der Waals surface area contributed by atoms with Gasteiger partial charge in [0, 0.05) is 34.6 Å². The number of carbonyl (C=O) groups excluding carboxylic acids is 5. The lowest BCUT2D eigenvalue weighted by Crippen LogP contribution is -2.71. The third-order valence-electron chi connectivity index (χ3n) is 25.0. The Kier molecular flexibility index (Phi) is 40.7. The normalized spacial score (nSPS) is 48.9. The summed E-state index contributed by atoms with van der Waals surface area (Å²) in [5.74, 6) is -4.88. The highest BCUT2D eigenvalue weighted by atomic mass is 16.8. The molecular weight excluding hydrogens is 1880 g/mol. The molecule has 11 aliphatic heterocycles. The first-order chi connectivity index (χ1) is 64.9. The molecule has 0 aliphatic carbocycles. The van der Waals surface area contributed by atoms with Crippen molar-refractivity contribution in [3.63, 3.8) is 0 Å². The second kappa shape index (κ2) is 49.5. The summed E-state index contributed by atoms with van der Waals surface area (Å²) >= 11 is 0. The molecule has 11 saturated heterocycles. The zero-order valence-corrected chi connectivity index (χ0v) is 73.6. The Labute approximate surface area is 775 Å². The third kappa shape index (κ3) is 25.0. The standard InChI is InChI=1S/C76H127N5O56/c1-17(92)77-33-43(102)57(26(10-86)118-66(33)116)129-67-34(78-18(2)93)45(104)61(30(14-90)123-67)134-74-56(115)63(135-76-64(51(110)41(100)25(9-85)122-76)136-69-36(80-20(4)95)46(105)59(28(12-88)125-69)132-72-53(112)49(108)39(98)23(7-83)120-72)42(101)32(128-74)16-117-75-65(137-70-37(81-21(5)96)47(106)60(29(13-89)126-70)133-73-54(113)50(109)40(99)24(8-84)121-73)55(114)62(31(15-91)127-75)130-68-35(79-19(3)94)44(103)58(27(11-87)124-68)131-71-52(111)48(107)38(97)22(6-82)119-71/h22-76,82-91,97-116H,6-16H2,1-5H3,(H,77,92)(H,78,93)(H,79,94)(H,80,95)(H,81,96)/t22-,23-,24-,25-,26-,27-,28-,29-,30-,31-,32-,33-,34-,35-,36-,37-,38+,39+,40+,41-,42-,43-,44-,45-,46-,47-,48+,49+,50+,51+,52-,53-,54+,55+,56+,57-,58-,59-,60-,61-,62-,63+,64+,65+,66?,67+,68+,69+,70+,71+,72+,73+,74+,75+,76-/m1/s1. The first kappa shape index (κ1) is 113. The fourth-order valence-corrected chi connectivity index (χ4v) is 17.8. The number of aliphatic hydroxyl groups excluding tert-OH is 30. The molecule has 11 aliphatic rings. The zero-order valence-electron chi connectivity index (χ0n) is 73.6. The first-order valence-electron chi connectivity index (χ1n) is 43.7. The summed E-state index contributed by atoms with van der Waals surface area (Å²) in [4.78, 5) is 65.1. The SMILES string of the molecule is CC(=O)N[C@H]1[C@H](O[C@@H]2[C@@H](OC[C@H]3O[C@@H](O[C@H]4[C@H](O)[C@@H](NC(C)=O)[C@H](O[C@H]5[C@H](O)[C@@H](NC(C)=O)C(O)O[C@@H]5CO)O[C@@H]4CO)[C@@H](O)[C@@H](O[C@H]4O[C@H](CO)[C@@H](O)[C@H](O)[C@@H]4O[C@@H]4O[C@H](CO)[C@@H](O[C@@H]5O[C@H](CO)[C@H](O)[C@H](O)[C@H]5O)[C@H](O)[C@H]4NC(C)=O)[C@@H]3O)O[C@H](CO)[C@@H](O[C@@H]3O[C@H](CO)[C@@H](O[C@@H]4O[C@H](CO)[C@H](O)[C@H](O)[C@H]4O)[C@H](O)[C@H]3NC(C)=O)[C@@H]2O)O[C@H](CO)[C@@H](O[C@@H]2O[C@H](CO)[C@H](O)[C@H](O)[C@@H]2O)[C@@H]1O. The van der Waals surface area contributed by atoms with Crippen molar-refractivity contribution in [3.8, 4) is 0 Å². The Hall–Kier alpha value is -4.69. The molecule has 35 N–H and O–H groups in total. The number of amides is 5. The molecular formula is C76H127N5O56. The minimum atomic E-state index is -2.70. The molecule has 0 radical (unpaired) electrons. The van der Waals surface area contributed by atoms with Gasteiger partial charge in [0.25, 0.3) is 0 Å². The molecule has 1 unspecified atom stereocenters. The second-order valence-electron chi connectivity index (χ2n) is 34.5. The van der Waals surface area contributed by atoms with Gasteiger partial charge in [-0.15, -0.1) is 0 Å². The fourth-order valence-electron chi connectivity index (χ4n) is 17.8. The summed E-state index contributed by atoms with van der Waals surface area (Å²) in [6, 6.07) is -9.86. The summed E-state index contributed by atoms with van der Waals surface area (Å²) < 4.78 is 126. The van der Waals surface area contributed by atoms with E-state index in [1.54, 1.807) is 0 Å². The smallest absolute Gasteiger partial charge is 0.217 e. The Balaban J connectivity index is 0.975. The molecule has 0 aromatic heterocycles. The first-order valence-corrected chi connectivity index (χ1v) is 43.7. The van der Waals surface area contributed by atoms with Crippen LogP contribution in [0.25, 0.3) is 0 Å². The van der Waals surface area contributed by atoms with E-state index < -0.39 is 440 Å². The van der Waals surface area contributed by atoms with E-state index in [0.29, 0.717) is 0 Å². The molecule has 792 valence electrons. The van der Waals surface area contributed by atoms with Gasteiger partial charge in [-0.2, -0.15) is 0 Å². The Morgan fingerprint density at radius 3 is 0.701 bits per heavy atom. The number of aliphatic hydroxyl groups is 30. The van der Waals surface area contributed by atoms with Crippen LogP contribution < -0.4 is 26.6 Å². The molecule has 0 bridgehead atoms. The van der Waals surface area contributed by atoms with E-state index >= 15 is 0 Å².